The molecule has 3 aliphatic heterocycles. The summed E-state index contributed by atoms with van der Waals surface area (Å²) in [5, 5.41) is 4.18. The van der Waals surface area contributed by atoms with Crippen molar-refractivity contribution in [2.75, 3.05) is 19.6 Å². The van der Waals surface area contributed by atoms with Crippen LogP contribution >= 0.6 is 0 Å². The van der Waals surface area contributed by atoms with E-state index in [0.29, 0.717) is 36.6 Å². The van der Waals surface area contributed by atoms with Gasteiger partial charge in [-0.15, -0.1) is 0 Å². The number of carbonyl (C=O) groups excluding carboxylic acids is 2. The molecule has 3 aliphatic rings. The molecule has 0 spiro atoms. The molecule has 0 N–H and O–H groups in total. The van der Waals surface area contributed by atoms with Gasteiger partial charge in [0.25, 0.3) is 0 Å². The van der Waals surface area contributed by atoms with E-state index in [1.165, 1.54) is 6.42 Å². The largest absolute Gasteiger partial charge is 0.342 e. The third kappa shape index (κ3) is 3.06. The van der Waals surface area contributed by atoms with E-state index >= 15 is 0 Å². The molecule has 3 atom stereocenters. The molecule has 6 nitrogen and oxygen atoms in total. The molecule has 3 saturated heterocycles. The molecular formula is C18H26N4O2. The minimum Gasteiger partial charge on any atom is -0.342 e. The number of nitrogens with zero attached hydrogens (tertiary/aromatic N) is 4. The first-order chi connectivity index (χ1) is 11.7. The zero-order valence-corrected chi connectivity index (χ0v) is 14.1. The Hall–Kier alpha value is -1.85. The predicted octanol–water partition coefficient (Wildman–Crippen LogP) is 1.52. The van der Waals surface area contributed by atoms with Gasteiger partial charge in [0.2, 0.25) is 11.8 Å². The minimum atomic E-state index is 0.271. The first-order valence-electron chi connectivity index (χ1n) is 9.25. The van der Waals surface area contributed by atoms with Crippen LogP contribution in [0.1, 0.15) is 38.5 Å². The lowest BCUT2D eigenvalue weighted by Crippen LogP contribution is -2.61. The number of amides is 2. The van der Waals surface area contributed by atoms with Crippen molar-refractivity contribution in [3.63, 3.8) is 0 Å². The maximum atomic E-state index is 12.6. The Morgan fingerprint density at radius 3 is 3.04 bits per heavy atom. The molecule has 6 heteroatoms. The van der Waals surface area contributed by atoms with Crippen molar-refractivity contribution < 1.29 is 9.59 Å². The highest BCUT2D eigenvalue weighted by Crippen LogP contribution is 2.38. The van der Waals surface area contributed by atoms with Crippen LogP contribution in [0.25, 0.3) is 0 Å². The van der Waals surface area contributed by atoms with Crippen LogP contribution < -0.4 is 0 Å². The van der Waals surface area contributed by atoms with Crippen LogP contribution in [-0.2, 0) is 16.1 Å². The van der Waals surface area contributed by atoms with E-state index in [9.17, 15) is 9.59 Å². The standard InChI is InChI=1S/C18H26N4O2/c23-17(6-2-8-21-9-3-7-19-21)20-11-14-10-15(13-20)16-4-1-5-18(24)22(16)12-14/h3,7,9,14-16H,1-2,4-6,8,10-13H2/t14-,15+,16-/m1/s1. The monoisotopic (exact) mass is 330 g/mol. The van der Waals surface area contributed by atoms with E-state index in [-0.39, 0.29) is 5.91 Å². The van der Waals surface area contributed by atoms with Gasteiger partial charge in [-0.25, -0.2) is 0 Å². The summed E-state index contributed by atoms with van der Waals surface area (Å²) in [4.78, 5) is 29.0. The van der Waals surface area contributed by atoms with Gasteiger partial charge in [0.05, 0.1) is 0 Å². The van der Waals surface area contributed by atoms with Gasteiger partial charge in [0.15, 0.2) is 0 Å². The van der Waals surface area contributed by atoms with Gasteiger partial charge >= 0.3 is 0 Å². The molecular weight excluding hydrogens is 304 g/mol. The van der Waals surface area contributed by atoms with Crippen molar-refractivity contribution >= 4 is 11.8 Å². The number of aryl methyl sites for hydroxylation is 1. The van der Waals surface area contributed by atoms with Crippen LogP contribution in [-0.4, -0.2) is 57.1 Å². The third-order valence-corrected chi connectivity index (χ3v) is 5.87. The summed E-state index contributed by atoms with van der Waals surface area (Å²) in [7, 11) is 0. The molecule has 0 unspecified atom stereocenters. The Labute approximate surface area is 142 Å². The lowest BCUT2D eigenvalue weighted by molar-refractivity contribution is -0.148. The number of piperidine rings is 3. The molecule has 1 aromatic rings. The number of hydrogen-bond donors (Lipinski definition) is 0. The van der Waals surface area contributed by atoms with Crippen molar-refractivity contribution in [3.8, 4) is 0 Å². The molecule has 0 radical (unpaired) electrons. The van der Waals surface area contributed by atoms with Gasteiger partial charge in [-0.3, -0.25) is 14.3 Å². The Balaban J connectivity index is 1.33. The summed E-state index contributed by atoms with van der Waals surface area (Å²) >= 11 is 0. The van der Waals surface area contributed by atoms with Crippen molar-refractivity contribution in [2.24, 2.45) is 11.8 Å². The SMILES string of the molecule is O=C(CCCn1cccn1)N1C[C@H]2C[C@@H](C1)[C@H]1CCCC(=O)N1C2. The fraction of sp³-hybridized carbons (Fsp3) is 0.722. The van der Waals surface area contributed by atoms with Crippen LogP contribution in [0, 0.1) is 11.8 Å². The summed E-state index contributed by atoms with van der Waals surface area (Å²) in [5.41, 5.74) is 0. The normalized spacial score (nSPS) is 29.5. The topological polar surface area (TPSA) is 58.4 Å². The van der Waals surface area contributed by atoms with E-state index < -0.39 is 0 Å². The van der Waals surface area contributed by atoms with Crippen molar-refractivity contribution in [3.05, 3.63) is 18.5 Å². The second-order valence-corrected chi connectivity index (χ2v) is 7.54. The number of aromatic nitrogens is 2. The first-order valence-corrected chi connectivity index (χ1v) is 9.25. The molecule has 0 aromatic carbocycles. The lowest BCUT2D eigenvalue weighted by Gasteiger charge is -2.52. The second-order valence-electron chi connectivity index (χ2n) is 7.54. The fourth-order valence-electron chi connectivity index (χ4n) is 4.80. The van der Waals surface area contributed by atoms with Crippen molar-refractivity contribution in [1.82, 2.24) is 19.6 Å². The Kier molecular flexibility index (Phi) is 4.29. The molecule has 0 aliphatic carbocycles. The molecule has 1 aromatic heterocycles. The average Bonchev–Trinajstić information content (AvgIpc) is 3.09. The summed E-state index contributed by atoms with van der Waals surface area (Å²) in [6.07, 6.45) is 9.16. The Morgan fingerprint density at radius 2 is 2.21 bits per heavy atom. The minimum absolute atomic E-state index is 0.271. The van der Waals surface area contributed by atoms with Crippen LogP contribution in [0.5, 0.6) is 0 Å². The molecule has 0 saturated carbocycles. The number of likely N-dealkylation sites (tertiary alicyclic amines) is 1. The summed E-state index contributed by atoms with van der Waals surface area (Å²) in [5.74, 6) is 1.56. The fourth-order valence-corrected chi connectivity index (χ4v) is 4.80. The quantitative estimate of drug-likeness (QED) is 0.841. The molecule has 4 heterocycles. The highest BCUT2D eigenvalue weighted by atomic mass is 16.2. The maximum absolute atomic E-state index is 12.6. The van der Waals surface area contributed by atoms with E-state index in [2.05, 4.69) is 14.9 Å². The molecule has 4 rings (SSSR count). The molecule has 130 valence electrons. The van der Waals surface area contributed by atoms with Gasteiger partial charge in [0, 0.05) is 57.5 Å². The smallest absolute Gasteiger partial charge is 0.222 e. The zero-order chi connectivity index (χ0) is 16.5. The molecule has 2 amide bonds. The van der Waals surface area contributed by atoms with Gasteiger partial charge in [-0.1, -0.05) is 0 Å². The number of carbonyl (C=O) groups is 2. The predicted molar refractivity (Wildman–Crippen MR) is 89.0 cm³/mol. The van der Waals surface area contributed by atoms with Crippen LogP contribution in [0.2, 0.25) is 0 Å². The highest BCUT2D eigenvalue weighted by Gasteiger charge is 2.44. The van der Waals surface area contributed by atoms with Crippen molar-refractivity contribution in [2.45, 2.75) is 51.1 Å². The number of hydrogen-bond acceptors (Lipinski definition) is 3. The van der Waals surface area contributed by atoms with Crippen LogP contribution in [0.3, 0.4) is 0 Å². The van der Waals surface area contributed by atoms with E-state index in [0.717, 1.165) is 45.4 Å². The van der Waals surface area contributed by atoms with E-state index in [1.807, 2.05) is 16.9 Å². The third-order valence-electron chi connectivity index (χ3n) is 5.87. The molecule has 2 bridgehead atoms. The summed E-state index contributed by atoms with van der Waals surface area (Å²) < 4.78 is 1.88. The van der Waals surface area contributed by atoms with E-state index in [1.54, 1.807) is 6.20 Å². The highest BCUT2D eigenvalue weighted by molar-refractivity contribution is 5.78. The van der Waals surface area contributed by atoms with Crippen LogP contribution in [0.15, 0.2) is 18.5 Å². The second kappa shape index (κ2) is 6.57. The lowest BCUT2D eigenvalue weighted by atomic mass is 9.76. The first kappa shape index (κ1) is 15.7. The number of fused-ring (bicyclic) bond motifs is 4. The molecule has 3 fully saturated rings. The van der Waals surface area contributed by atoms with E-state index in [4.69, 9.17) is 0 Å². The van der Waals surface area contributed by atoms with Gasteiger partial charge < -0.3 is 9.80 Å². The van der Waals surface area contributed by atoms with Gasteiger partial charge in [-0.2, -0.15) is 5.10 Å². The average molecular weight is 330 g/mol. The van der Waals surface area contributed by atoms with Gasteiger partial charge in [0.1, 0.15) is 0 Å². The summed E-state index contributed by atoms with van der Waals surface area (Å²) in [6.45, 7) is 3.32. The van der Waals surface area contributed by atoms with Gasteiger partial charge in [-0.05, 0) is 43.6 Å². The maximum Gasteiger partial charge on any atom is 0.222 e. The summed E-state index contributed by atoms with van der Waals surface area (Å²) in [6, 6.07) is 2.28. The van der Waals surface area contributed by atoms with Crippen LogP contribution in [0.4, 0.5) is 0 Å². The zero-order valence-electron chi connectivity index (χ0n) is 14.1. The molecule has 24 heavy (non-hydrogen) atoms. The van der Waals surface area contributed by atoms with Crippen molar-refractivity contribution in [1.29, 1.82) is 0 Å². The Morgan fingerprint density at radius 1 is 1.29 bits per heavy atom. The Bertz CT molecular complexity index is 600. The number of rotatable bonds is 4.